The van der Waals surface area contributed by atoms with E-state index in [0.717, 1.165) is 0 Å². The fourth-order valence-electron chi connectivity index (χ4n) is 2.87. The molecule has 0 saturated heterocycles. The maximum Gasteiger partial charge on any atom is 0.312 e. The molecule has 0 aromatic heterocycles. The van der Waals surface area contributed by atoms with Crippen molar-refractivity contribution in [3.8, 4) is 23.0 Å². The number of hydrogen-bond acceptors (Lipinski definition) is 4. The normalized spacial score (nSPS) is 11.0. The number of para-hydroxylation sites is 4. The van der Waals surface area contributed by atoms with Crippen LogP contribution in [0.1, 0.15) is 0 Å². The molecule has 0 amide bonds. The summed E-state index contributed by atoms with van der Waals surface area (Å²) < 4.78 is 24.9. The summed E-state index contributed by atoms with van der Waals surface area (Å²) in [6.45, 7) is 0. The molecule has 0 atom stereocenters. The molecule has 0 spiro atoms. The Morgan fingerprint density at radius 1 is 0.452 bits per heavy atom. The Labute approximate surface area is 185 Å². The Morgan fingerprint density at radius 3 is 1.06 bits per heavy atom. The lowest BCUT2D eigenvalue weighted by Crippen LogP contribution is -2.58. The molecule has 0 bridgehead atoms. The first-order valence-corrected chi connectivity index (χ1v) is 10.4. The predicted molar refractivity (Wildman–Crippen MR) is 121 cm³/mol. The van der Waals surface area contributed by atoms with Crippen molar-refractivity contribution in [3.05, 3.63) is 121 Å². The van der Waals surface area contributed by atoms with E-state index >= 15 is 0 Å². The molecule has 4 aromatic rings. The van der Waals surface area contributed by atoms with Gasteiger partial charge in [0.05, 0.1) is 0 Å². The molecule has 4 aromatic carbocycles. The summed E-state index contributed by atoms with van der Waals surface area (Å²) in [5.74, 6) is 2.40. The van der Waals surface area contributed by atoms with Crippen LogP contribution < -0.4 is 18.9 Å². The molecule has 0 aliphatic heterocycles. The van der Waals surface area contributed by atoms with Crippen molar-refractivity contribution in [1.82, 2.24) is 0 Å². The van der Waals surface area contributed by atoms with Crippen LogP contribution >= 0.6 is 0 Å². The van der Waals surface area contributed by atoms with Gasteiger partial charge in [0.1, 0.15) is 23.0 Å². The summed E-state index contributed by atoms with van der Waals surface area (Å²) in [6, 6.07) is 37.5. The molecule has 4 rings (SSSR count). The topological polar surface area (TPSA) is 36.9 Å². The third-order valence-corrected chi connectivity index (χ3v) is 4.75. The molecule has 0 aliphatic rings. The Balaban J connectivity index is 1.71. The molecule has 0 saturated carbocycles. The van der Waals surface area contributed by atoms with Crippen LogP contribution in [0.25, 0.3) is 0 Å². The number of ether oxygens (including phenoxy) is 4. The first kappa shape index (κ1) is 20.6. The highest BCUT2D eigenvalue weighted by atomic mass is 28.1. The second-order valence-electron chi connectivity index (χ2n) is 6.69. The van der Waals surface area contributed by atoms with Crippen LogP contribution in [0, 0.1) is 0 Å². The number of hydrogen-bond donors (Lipinski definition) is 0. The minimum absolute atomic E-state index is 0.590. The van der Waals surface area contributed by atoms with E-state index in [-0.39, 0.29) is 0 Å². The standard InChI is InChI=1S/C26H21O4Si/c31-26(29-23-17-9-3-10-18-23,30-24-19-11-4-12-20-24)25(27-21-13-5-1-6-14-21)28-22-15-7-2-8-16-22/h1-20,25H. The Bertz CT molecular complexity index is 961. The zero-order valence-electron chi connectivity index (χ0n) is 16.8. The Hall–Kier alpha value is -3.70. The minimum Gasteiger partial charge on any atom is -0.450 e. The second-order valence-corrected chi connectivity index (χ2v) is 7.39. The third kappa shape index (κ3) is 5.68. The van der Waals surface area contributed by atoms with Gasteiger partial charge in [-0.3, -0.25) is 0 Å². The van der Waals surface area contributed by atoms with E-state index in [9.17, 15) is 0 Å². The summed E-state index contributed by atoms with van der Waals surface area (Å²) in [6.07, 6.45) is -1.01. The van der Waals surface area contributed by atoms with Crippen molar-refractivity contribution in [3.63, 3.8) is 0 Å². The van der Waals surface area contributed by atoms with Gasteiger partial charge in [-0.2, -0.15) is 0 Å². The van der Waals surface area contributed by atoms with Gasteiger partial charge in [0.2, 0.25) is 0 Å². The van der Waals surface area contributed by atoms with Crippen molar-refractivity contribution in [1.29, 1.82) is 0 Å². The molecule has 0 N–H and O–H groups in total. The Kier molecular flexibility index (Phi) is 6.55. The maximum atomic E-state index is 6.25. The molecule has 0 unspecified atom stereocenters. The van der Waals surface area contributed by atoms with Crippen molar-refractivity contribution < 1.29 is 18.9 Å². The lowest BCUT2D eigenvalue weighted by Gasteiger charge is -2.37. The van der Waals surface area contributed by atoms with E-state index in [1.54, 1.807) is 0 Å². The van der Waals surface area contributed by atoms with Crippen LogP contribution in [0.5, 0.6) is 23.0 Å². The van der Waals surface area contributed by atoms with Gasteiger partial charge in [-0.1, -0.05) is 72.8 Å². The van der Waals surface area contributed by atoms with Crippen molar-refractivity contribution in [2.45, 2.75) is 11.7 Å². The molecule has 0 aliphatic carbocycles. The summed E-state index contributed by atoms with van der Waals surface area (Å²) in [5.41, 5.74) is -1.51. The predicted octanol–water partition coefficient (Wildman–Crippen LogP) is 5.45. The fraction of sp³-hybridized carbons (Fsp3) is 0.0769. The van der Waals surface area contributed by atoms with Crippen LogP contribution in [-0.4, -0.2) is 21.9 Å². The van der Waals surface area contributed by atoms with E-state index < -0.39 is 11.7 Å². The van der Waals surface area contributed by atoms with E-state index in [2.05, 4.69) is 10.2 Å². The average Bonchev–Trinajstić information content (AvgIpc) is 2.81. The molecular formula is C26H21O4Si. The van der Waals surface area contributed by atoms with Crippen LogP contribution in [0.15, 0.2) is 121 Å². The number of benzene rings is 4. The zero-order valence-corrected chi connectivity index (χ0v) is 17.8. The van der Waals surface area contributed by atoms with E-state index in [1.165, 1.54) is 0 Å². The summed E-state index contributed by atoms with van der Waals surface area (Å²) in [5, 5.41) is 0. The first-order chi connectivity index (χ1) is 15.2. The van der Waals surface area contributed by atoms with Gasteiger partial charge < -0.3 is 18.9 Å². The average molecular weight is 426 g/mol. The van der Waals surface area contributed by atoms with Gasteiger partial charge in [0.25, 0.3) is 5.41 Å². The second kappa shape index (κ2) is 9.87. The number of rotatable bonds is 9. The van der Waals surface area contributed by atoms with Crippen molar-refractivity contribution in [2.75, 3.05) is 0 Å². The molecular weight excluding hydrogens is 404 g/mol. The van der Waals surface area contributed by atoms with Gasteiger partial charge in [-0.15, -0.1) is 0 Å². The van der Waals surface area contributed by atoms with Crippen LogP contribution in [-0.2, 0) is 0 Å². The highest BCUT2D eigenvalue weighted by Crippen LogP contribution is 2.28. The molecule has 5 heteroatoms. The summed E-state index contributed by atoms with van der Waals surface area (Å²) >= 11 is 0. The lowest BCUT2D eigenvalue weighted by molar-refractivity contribution is -0.185. The van der Waals surface area contributed by atoms with Crippen LogP contribution in [0.2, 0.25) is 0 Å². The van der Waals surface area contributed by atoms with Crippen LogP contribution in [0.4, 0.5) is 0 Å². The van der Waals surface area contributed by atoms with Gasteiger partial charge >= 0.3 is 6.29 Å². The molecule has 31 heavy (non-hydrogen) atoms. The molecule has 0 heterocycles. The van der Waals surface area contributed by atoms with Crippen LogP contribution in [0.3, 0.4) is 0 Å². The maximum absolute atomic E-state index is 6.25. The highest BCUT2D eigenvalue weighted by Gasteiger charge is 2.43. The monoisotopic (exact) mass is 425 g/mol. The van der Waals surface area contributed by atoms with Crippen molar-refractivity contribution >= 4 is 10.2 Å². The lowest BCUT2D eigenvalue weighted by atomic mass is 10.3. The third-order valence-electron chi connectivity index (χ3n) is 4.31. The molecule has 153 valence electrons. The summed E-state index contributed by atoms with van der Waals surface area (Å²) in [4.78, 5) is 0. The molecule has 0 fully saturated rings. The van der Waals surface area contributed by atoms with E-state index in [1.807, 2.05) is 121 Å². The van der Waals surface area contributed by atoms with Crippen molar-refractivity contribution in [2.24, 2.45) is 0 Å². The quantitative estimate of drug-likeness (QED) is 0.264. The Morgan fingerprint density at radius 2 is 0.742 bits per heavy atom. The van der Waals surface area contributed by atoms with Gasteiger partial charge in [0, 0.05) is 0 Å². The molecule has 3 radical (unpaired) electrons. The SMILES string of the molecule is [Si]C(Oc1ccccc1)(Oc1ccccc1)C(Oc1ccccc1)Oc1ccccc1. The summed E-state index contributed by atoms with van der Waals surface area (Å²) in [7, 11) is 3.71. The van der Waals surface area contributed by atoms with Gasteiger partial charge in [-0.05, 0) is 48.5 Å². The van der Waals surface area contributed by atoms with E-state index in [4.69, 9.17) is 18.9 Å². The van der Waals surface area contributed by atoms with Gasteiger partial charge in [-0.25, -0.2) is 0 Å². The van der Waals surface area contributed by atoms with E-state index in [0.29, 0.717) is 23.0 Å². The van der Waals surface area contributed by atoms with Gasteiger partial charge in [0.15, 0.2) is 10.2 Å². The first-order valence-electron chi connectivity index (χ1n) is 9.88. The fourth-order valence-corrected chi connectivity index (χ4v) is 3.22. The smallest absolute Gasteiger partial charge is 0.312 e. The highest BCUT2D eigenvalue weighted by molar-refractivity contribution is 6.14. The zero-order chi connectivity index (χ0) is 21.4. The largest absolute Gasteiger partial charge is 0.450 e. The minimum atomic E-state index is -1.51. The molecule has 4 nitrogen and oxygen atoms in total.